The molecule has 0 aromatic carbocycles. The largest absolute Gasteiger partial charge is 0.355 e. The summed E-state index contributed by atoms with van der Waals surface area (Å²) in [5.74, 6) is 1.03. The first-order chi connectivity index (χ1) is 4.86. The molecular weight excluding hydrogens is 144 g/mol. The third-order valence-electron chi connectivity index (χ3n) is 1.09. The van der Waals surface area contributed by atoms with Crippen molar-refractivity contribution in [2.24, 2.45) is 0 Å². The lowest BCUT2D eigenvalue weighted by Gasteiger charge is -1.87. The van der Waals surface area contributed by atoms with Gasteiger partial charge in [-0.25, -0.2) is 0 Å². The molecule has 0 atom stereocenters. The second-order valence-corrected chi connectivity index (χ2v) is 3.10. The van der Waals surface area contributed by atoms with Crippen LogP contribution in [0.15, 0.2) is 17.3 Å². The highest BCUT2D eigenvalue weighted by molar-refractivity contribution is 7.99. The molecule has 1 aromatic rings. The topological polar surface area (TPSA) is 39.6 Å². The summed E-state index contributed by atoms with van der Waals surface area (Å²) in [5.41, 5.74) is 0.705. The quantitative estimate of drug-likeness (QED) is 0.658. The van der Waals surface area contributed by atoms with Gasteiger partial charge in [0.05, 0.1) is 10.6 Å². The number of H-pyrrole nitrogens is 1. The van der Waals surface area contributed by atoms with Crippen LogP contribution < -0.4 is 0 Å². The minimum atomic E-state index is 0.705. The zero-order valence-electron chi connectivity index (χ0n) is 5.72. The van der Waals surface area contributed by atoms with Gasteiger partial charge in [-0.15, -0.1) is 11.8 Å². The van der Waals surface area contributed by atoms with E-state index in [1.807, 2.05) is 6.07 Å². The fraction of sp³-hybridized carbons (Fsp3) is 0.286. The number of aromatic amines is 1. The van der Waals surface area contributed by atoms with E-state index in [0.29, 0.717) is 5.56 Å². The Morgan fingerprint density at radius 2 is 2.60 bits per heavy atom. The molecule has 0 saturated carbocycles. The van der Waals surface area contributed by atoms with Crippen LogP contribution in [0.25, 0.3) is 0 Å². The maximum Gasteiger partial charge on any atom is 0.101 e. The van der Waals surface area contributed by atoms with Gasteiger partial charge in [0.2, 0.25) is 0 Å². The third-order valence-corrected chi connectivity index (χ3v) is 1.92. The van der Waals surface area contributed by atoms with Gasteiger partial charge in [0.1, 0.15) is 6.07 Å². The average Bonchev–Trinajstić information content (AvgIpc) is 2.37. The number of rotatable bonds is 2. The fourth-order valence-corrected chi connectivity index (χ4v) is 1.34. The highest BCUT2D eigenvalue weighted by Crippen LogP contribution is 2.15. The summed E-state index contributed by atoms with van der Waals surface area (Å²) in [5, 5.41) is 9.51. The predicted molar refractivity (Wildman–Crippen MR) is 41.9 cm³/mol. The second-order valence-electron chi connectivity index (χ2n) is 1.80. The molecule has 0 aliphatic rings. The second kappa shape index (κ2) is 3.33. The number of nitrogens with zero attached hydrogens (tertiary/aromatic N) is 1. The molecule has 1 aromatic heterocycles. The Balaban J connectivity index is 2.71. The van der Waals surface area contributed by atoms with Crippen molar-refractivity contribution in [3.8, 4) is 6.07 Å². The summed E-state index contributed by atoms with van der Waals surface area (Å²) in [7, 11) is 0. The van der Waals surface area contributed by atoms with E-state index in [2.05, 4.69) is 18.0 Å². The molecule has 0 unspecified atom stereocenters. The number of nitrogens with one attached hydrogen (secondary N) is 1. The van der Waals surface area contributed by atoms with Crippen LogP contribution in [0.2, 0.25) is 0 Å². The van der Waals surface area contributed by atoms with Crippen LogP contribution in [0.5, 0.6) is 0 Å². The lowest BCUT2D eigenvalue weighted by molar-refractivity contribution is 1.20. The first-order valence-electron chi connectivity index (χ1n) is 3.08. The summed E-state index contributed by atoms with van der Waals surface area (Å²) >= 11 is 1.70. The maximum atomic E-state index is 8.44. The summed E-state index contributed by atoms with van der Waals surface area (Å²) in [4.78, 5) is 3.00. The van der Waals surface area contributed by atoms with E-state index in [1.54, 1.807) is 18.0 Å². The lowest BCUT2D eigenvalue weighted by Crippen LogP contribution is -1.67. The third kappa shape index (κ3) is 1.55. The minimum Gasteiger partial charge on any atom is -0.355 e. The zero-order valence-corrected chi connectivity index (χ0v) is 6.53. The van der Waals surface area contributed by atoms with Crippen molar-refractivity contribution >= 4 is 11.8 Å². The molecule has 0 bridgehead atoms. The van der Waals surface area contributed by atoms with Gasteiger partial charge in [-0.05, 0) is 11.8 Å². The summed E-state index contributed by atoms with van der Waals surface area (Å²) in [6.07, 6.45) is 1.72. The number of hydrogen-bond acceptors (Lipinski definition) is 2. The van der Waals surface area contributed by atoms with E-state index in [0.717, 1.165) is 10.8 Å². The van der Waals surface area contributed by atoms with E-state index in [1.165, 1.54) is 0 Å². The van der Waals surface area contributed by atoms with Gasteiger partial charge in [0.15, 0.2) is 0 Å². The van der Waals surface area contributed by atoms with Crippen molar-refractivity contribution in [3.05, 3.63) is 17.8 Å². The molecule has 1 N–H and O–H groups in total. The molecule has 10 heavy (non-hydrogen) atoms. The van der Waals surface area contributed by atoms with Gasteiger partial charge >= 0.3 is 0 Å². The van der Waals surface area contributed by atoms with Gasteiger partial charge in [0, 0.05) is 6.20 Å². The molecule has 1 heterocycles. The molecule has 0 spiro atoms. The Labute approximate surface area is 64.3 Å². The number of aromatic nitrogens is 1. The average molecular weight is 152 g/mol. The molecule has 1 rings (SSSR count). The van der Waals surface area contributed by atoms with Crippen LogP contribution in [-0.2, 0) is 0 Å². The van der Waals surface area contributed by atoms with Crippen LogP contribution in [0, 0.1) is 11.3 Å². The van der Waals surface area contributed by atoms with Crippen molar-refractivity contribution in [1.82, 2.24) is 4.98 Å². The molecule has 0 aliphatic heterocycles. The first-order valence-corrected chi connectivity index (χ1v) is 4.06. The normalized spacial score (nSPS) is 9.20. The van der Waals surface area contributed by atoms with Crippen molar-refractivity contribution in [2.45, 2.75) is 11.9 Å². The van der Waals surface area contributed by atoms with Gasteiger partial charge in [0.25, 0.3) is 0 Å². The number of hydrogen-bond donors (Lipinski definition) is 1. The molecular formula is C7H8N2S. The van der Waals surface area contributed by atoms with Crippen LogP contribution in [0.1, 0.15) is 12.5 Å². The summed E-state index contributed by atoms with van der Waals surface area (Å²) in [6, 6.07) is 3.92. The molecule has 2 nitrogen and oxygen atoms in total. The van der Waals surface area contributed by atoms with Crippen LogP contribution >= 0.6 is 11.8 Å². The monoisotopic (exact) mass is 152 g/mol. The number of nitriles is 1. The van der Waals surface area contributed by atoms with E-state index in [4.69, 9.17) is 5.26 Å². The smallest absolute Gasteiger partial charge is 0.101 e. The molecule has 0 amide bonds. The molecule has 0 radical (unpaired) electrons. The van der Waals surface area contributed by atoms with E-state index in [9.17, 15) is 0 Å². The SMILES string of the molecule is CCSc1cc(C#N)c[nH]1. The Morgan fingerprint density at radius 1 is 1.80 bits per heavy atom. The highest BCUT2D eigenvalue weighted by atomic mass is 32.2. The van der Waals surface area contributed by atoms with E-state index >= 15 is 0 Å². The van der Waals surface area contributed by atoms with Crippen LogP contribution in [-0.4, -0.2) is 10.7 Å². The standard InChI is InChI=1S/C7H8N2S/c1-2-10-7-3-6(4-8)5-9-7/h3,5,9H,2H2,1H3. The molecule has 0 aliphatic carbocycles. The van der Waals surface area contributed by atoms with Crippen molar-refractivity contribution in [3.63, 3.8) is 0 Å². The van der Waals surface area contributed by atoms with Crippen molar-refractivity contribution in [1.29, 1.82) is 5.26 Å². The van der Waals surface area contributed by atoms with Crippen LogP contribution in [0.3, 0.4) is 0 Å². The lowest BCUT2D eigenvalue weighted by atomic mass is 10.4. The van der Waals surface area contributed by atoms with E-state index < -0.39 is 0 Å². The number of thioether (sulfide) groups is 1. The van der Waals surface area contributed by atoms with Crippen LogP contribution in [0.4, 0.5) is 0 Å². The van der Waals surface area contributed by atoms with Gasteiger partial charge in [-0.1, -0.05) is 6.92 Å². The summed E-state index contributed by atoms with van der Waals surface area (Å²) < 4.78 is 0. The molecule has 3 heteroatoms. The molecule has 0 fully saturated rings. The predicted octanol–water partition coefficient (Wildman–Crippen LogP) is 2.00. The van der Waals surface area contributed by atoms with E-state index in [-0.39, 0.29) is 0 Å². The fourth-order valence-electron chi connectivity index (χ4n) is 0.677. The molecule has 0 saturated heterocycles. The van der Waals surface area contributed by atoms with Crippen molar-refractivity contribution < 1.29 is 0 Å². The molecule has 52 valence electrons. The Bertz CT molecular complexity index is 246. The Morgan fingerprint density at radius 3 is 3.10 bits per heavy atom. The Hall–Kier alpha value is -0.880. The first kappa shape index (κ1) is 7.23. The van der Waals surface area contributed by atoms with Crippen molar-refractivity contribution in [2.75, 3.05) is 5.75 Å². The minimum absolute atomic E-state index is 0.705. The maximum absolute atomic E-state index is 8.44. The van der Waals surface area contributed by atoms with Gasteiger partial charge < -0.3 is 4.98 Å². The highest BCUT2D eigenvalue weighted by Gasteiger charge is 1.95. The summed E-state index contributed by atoms with van der Waals surface area (Å²) in [6.45, 7) is 2.08. The van der Waals surface area contributed by atoms with Gasteiger partial charge in [-0.2, -0.15) is 5.26 Å². The van der Waals surface area contributed by atoms with Gasteiger partial charge in [-0.3, -0.25) is 0 Å². The zero-order chi connectivity index (χ0) is 7.40. The Kier molecular flexibility index (Phi) is 2.41.